The van der Waals surface area contributed by atoms with Gasteiger partial charge in [-0.1, -0.05) is 11.6 Å². The van der Waals surface area contributed by atoms with E-state index in [-0.39, 0.29) is 18.3 Å². The van der Waals surface area contributed by atoms with Gasteiger partial charge in [0.1, 0.15) is 12.7 Å². The minimum Gasteiger partial charge on any atom is -0.358 e. The predicted octanol–water partition coefficient (Wildman–Crippen LogP) is 2.39. The quantitative estimate of drug-likeness (QED) is 0.692. The fraction of sp³-hybridized carbons (Fsp3) is 0.167. The van der Waals surface area contributed by atoms with Crippen molar-refractivity contribution in [1.29, 1.82) is 0 Å². The fourth-order valence-electron chi connectivity index (χ4n) is 1.63. The van der Waals surface area contributed by atoms with Crippen molar-refractivity contribution < 1.29 is 9.72 Å². The number of hydrogen-bond donors (Lipinski definition) is 1. The number of halogens is 1. The first-order valence-corrected chi connectivity index (χ1v) is 6.07. The number of aryl methyl sites for hydroxylation is 1. The first kappa shape index (κ1) is 14.0. The number of nitrogens with zero attached hydrogens (tertiary/aromatic N) is 3. The Morgan fingerprint density at radius 3 is 2.65 bits per heavy atom. The van der Waals surface area contributed by atoms with E-state index in [1.54, 1.807) is 31.2 Å². The van der Waals surface area contributed by atoms with Gasteiger partial charge < -0.3 is 15.4 Å². The van der Waals surface area contributed by atoms with Crippen molar-refractivity contribution in [3.05, 3.63) is 51.4 Å². The highest BCUT2D eigenvalue weighted by Gasteiger charge is 2.16. The SMILES string of the molecule is Cc1nc([N+](=O)[O-])cn1CC(=O)Nc1ccc(Cl)cc1. The third-order valence-corrected chi connectivity index (χ3v) is 2.84. The molecule has 0 aliphatic rings. The molecule has 1 heterocycles. The van der Waals surface area contributed by atoms with E-state index in [0.717, 1.165) is 0 Å². The number of carbonyl (C=O) groups excluding carboxylic acids is 1. The zero-order chi connectivity index (χ0) is 14.7. The summed E-state index contributed by atoms with van der Waals surface area (Å²) in [5, 5.41) is 13.8. The Morgan fingerprint density at radius 2 is 2.10 bits per heavy atom. The Balaban J connectivity index is 2.04. The summed E-state index contributed by atoms with van der Waals surface area (Å²) in [4.78, 5) is 25.6. The molecule has 0 saturated heterocycles. The molecule has 1 N–H and O–H groups in total. The highest BCUT2D eigenvalue weighted by atomic mass is 35.5. The Bertz CT molecular complexity index is 651. The minimum atomic E-state index is -0.597. The first-order valence-electron chi connectivity index (χ1n) is 5.69. The smallest absolute Gasteiger partial charge is 0.358 e. The maximum atomic E-state index is 11.8. The van der Waals surface area contributed by atoms with Crippen LogP contribution in [0.3, 0.4) is 0 Å². The molecule has 0 atom stereocenters. The highest BCUT2D eigenvalue weighted by Crippen LogP contribution is 2.14. The fourth-order valence-corrected chi connectivity index (χ4v) is 1.75. The van der Waals surface area contributed by atoms with E-state index in [1.165, 1.54) is 10.8 Å². The second kappa shape index (κ2) is 5.70. The molecule has 0 aliphatic carbocycles. The Morgan fingerprint density at radius 1 is 1.45 bits per heavy atom. The standard InChI is InChI=1S/C12H11ClN4O3/c1-8-14-11(17(19)20)6-16(8)7-12(18)15-10-4-2-9(13)3-5-10/h2-6H,7H2,1H3,(H,15,18). The lowest BCUT2D eigenvalue weighted by molar-refractivity contribution is -0.389. The summed E-state index contributed by atoms with van der Waals surface area (Å²) in [5.41, 5.74) is 0.603. The van der Waals surface area contributed by atoms with Gasteiger partial charge in [0.05, 0.1) is 0 Å². The van der Waals surface area contributed by atoms with E-state index < -0.39 is 4.92 Å². The van der Waals surface area contributed by atoms with Crippen LogP contribution in [0.5, 0.6) is 0 Å². The zero-order valence-electron chi connectivity index (χ0n) is 10.5. The van der Waals surface area contributed by atoms with Gasteiger partial charge in [-0.25, -0.2) is 0 Å². The van der Waals surface area contributed by atoms with Gasteiger partial charge >= 0.3 is 5.82 Å². The molecule has 0 spiro atoms. The molecular formula is C12H11ClN4O3. The molecule has 0 bridgehead atoms. The summed E-state index contributed by atoms with van der Waals surface area (Å²) in [6.45, 7) is 1.55. The molecule has 0 radical (unpaired) electrons. The second-order valence-electron chi connectivity index (χ2n) is 4.09. The van der Waals surface area contributed by atoms with Crippen LogP contribution in [0.25, 0.3) is 0 Å². The van der Waals surface area contributed by atoms with Gasteiger partial charge in [0.15, 0.2) is 0 Å². The van der Waals surface area contributed by atoms with Crippen molar-refractivity contribution in [2.24, 2.45) is 0 Å². The van der Waals surface area contributed by atoms with Crippen molar-refractivity contribution in [2.75, 3.05) is 5.32 Å². The number of anilines is 1. The molecule has 0 aliphatic heterocycles. The molecule has 1 amide bonds. The normalized spacial score (nSPS) is 10.3. The largest absolute Gasteiger partial charge is 0.381 e. The molecule has 20 heavy (non-hydrogen) atoms. The number of imidazole rings is 1. The van der Waals surface area contributed by atoms with Crippen molar-refractivity contribution in [3.8, 4) is 0 Å². The summed E-state index contributed by atoms with van der Waals surface area (Å²) in [6.07, 6.45) is 1.23. The molecule has 2 rings (SSSR count). The molecule has 1 aromatic carbocycles. The van der Waals surface area contributed by atoms with E-state index in [1.807, 2.05) is 0 Å². The van der Waals surface area contributed by atoms with Crippen LogP contribution in [0.1, 0.15) is 5.82 Å². The van der Waals surface area contributed by atoms with E-state index in [4.69, 9.17) is 11.6 Å². The van der Waals surface area contributed by atoms with Crippen molar-refractivity contribution >= 4 is 29.0 Å². The third-order valence-electron chi connectivity index (χ3n) is 2.59. The molecule has 2 aromatic rings. The van der Waals surface area contributed by atoms with Crippen LogP contribution in [0.15, 0.2) is 30.5 Å². The third kappa shape index (κ3) is 3.33. The molecule has 1 aromatic heterocycles. The lowest BCUT2D eigenvalue weighted by atomic mass is 10.3. The summed E-state index contributed by atoms with van der Waals surface area (Å²) < 4.78 is 1.42. The average Bonchev–Trinajstić information content (AvgIpc) is 2.74. The maximum absolute atomic E-state index is 11.8. The molecule has 0 unspecified atom stereocenters. The average molecular weight is 295 g/mol. The van der Waals surface area contributed by atoms with E-state index >= 15 is 0 Å². The summed E-state index contributed by atoms with van der Waals surface area (Å²) in [6, 6.07) is 6.65. The highest BCUT2D eigenvalue weighted by molar-refractivity contribution is 6.30. The zero-order valence-corrected chi connectivity index (χ0v) is 11.3. The van der Waals surface area contributed by atoms with Gasteiger partial charge in [-0.05, 0) is 34.2 Å². The van der Waals surface area contributed by atoms with Crippen molar-refractivity contribution in [3.63, 3.8) is 0 Å². The van der Waals surface area contributed by atoms with E-state index in [0.29, 0.717) is 16.5 Å². The van der Waals surface area contributed by atoms with Crippen LogP contribution in [0, 0.1) is 17.0 Å². The lowest BCUT2D eigenvalue weighted by Crippen LogP contribution is -2.19. The predicted molar refractivity (Wildman–Crippen MR) is 73.7 cm³/mol. The first-order chi connectivity index (χ1) is 9.45. The van der Waals surface area contributed by atoms with Gasteiger partial charge in [-0.15, -0.1) is 0 Å². The van der Waals surface area contributed by atoms with Gasteiger partial charge in [0.2, 0.25) is 11.7 Å². The second-order valence-corrected chi connectivity index (χ2v) is 4.52. The van der Waals surface area contributed by atoms with Gasteiger partial charge in [0.25, 0.3) is 0 Å². The van der Waals surface area contributed by atoms with Crippen LogP contribution in [-0.2, 0) is 11.3 Å². The Labute approximate surface area is 119 Å². The number of aromatic nitrogens is 2. The molecule has 0 saturated carbocycles. The lowest BCUT2D eigenvalue weighted by Gasteiger charge is -2.05. The topological polar surface area (TPSA) is 90.1 Å². The van der Waals surface area contributed by atoms with E-state index in [9.17, 15) is 14.9 Å². The number of amides is 1. The number of nitro groups is 1. The molecule has 8 heteroatoms. The molecule has 7 nitrogen and oxygen atoms in total. The molecule has 0 fully saturated rings. The Kier molecular flexibility index (Phi) is 3.99. The van der Waals surface area contributed by atoms with E-state index in [2.05, 4.69) is 10.3 Å². The summed E-state index contributed by atoms with van der Waals surface area (Å²) >= 11 is 5.74. The molecule has 104 valence electrons. The monoisotopic (exact) mass is 294 g/mol. The Hall–Kier alpha value is -2.41. The number of rotatable bonds is 4. The van der Waals surface area contributed by atoms with Crippen LogP contribution >= 0.6 is 11.6 Å². The van der Waals surface area contributed by atoms with Gasteiger partial charge in [-0.3, -0.25) is 9.36 Å². The maximum Gasteiger partial charge on any atom is 0.381 e. The van der Waals surface area contributed by atoms with Crippen molar-refractivity contribution in [2.45, 2.75) is 13.5 Å². The minimum absolute atomic E-state index is 0.0463. The summed E-state index contributed by atoms with van der Waals surface area (Å²) in [5.74, 6) is -0.174. The van der Waals surface area contributed by atoms with Crippen LogP contribution in [0.2, 0.25) is 5.02 Å². The number of benzene rings is 1. The number of hydrogen-bond acceptors (Lipinski definition) is 4. The van der Waals surface area contributed by atoms with Gasteiger partial charge in [0, 0.05) is 17.6 Å². The number of carbonyl (C=O) groups is 1. The van der Waals surface area contributed by atoms with Crippen LogP contribution in [0.4, 0.5) is 11.5 Å². The number of nitrogens with one attached hydrogen (secondary N) is 1. The summed E-state index contributed by atoms with van der Waals surface area (Å²) in [7, 11) is 0. The van der Waals surface area contributed by atoms with Crippen molar-refractivity contribution in [1.82, 2.24) is 9.55 Å². The van der Waals surface area contributed by atoms with Gasteiger partial charge in [-0.2, -0.15) is 0 Å². The molecular weight excluding hydrogens is 284 g/mol. The van der Waals surface area contributed by atoms with Crippen LogP contribution < -0.4 is 5.32 Å². The van der Waals surface area contributed by atoms with Crippen LogP contribution in [-0.4, -0.2) is 20.4 Å².